The van der Waals surface area contributed by atoms with Crippen molar-refractivity contribution in [2.75, 3.05) is 3.53 Å². The lowest BCUT2D eigenvalue weighted by Gasteiger charge is -1.95. The van der Waals surface area contributed by atoms with E-state index in [1.54, 1.807) is 12.1 Å². The largest absolute Gasteiger partial charge is 0.328 e. The van der Waals surface area contributed by atoms with Crippen molar-refractivity contribution in [1.82, 2.24) is 0 Å². The van der Waals surface area contributed by atoms with E-state index in [0.29, 0.717) is 5.56 Å². The lowest BCUT2D eigenvalue weighted by atomic mass is 10.2. The summed E-state index contributed by atoms with van der Waals surface area (Å²) >= 11 is 2.03. The van der Waals surface area contributed by atoms with Gasteiger partial charge in [0.2, 0.25) is 0 Å². The summed E-state index contributed by atoms with van der Waals surface area (Å²) in [6.07, 6.45) is 0. The lowest BCUT2D eigenvalue weighted by Crippen LogP contribution is -1.79. The van der Waals surface area contributed by atoms with Crippen molar-refractivity contribution in [2.45, 2.75) is 0 Å². The minimum Gasteiger partial charge on any atom is -0.328 e. The van der Waals surface area contributed by atoms with Gasteiger partial charge in [-0.25, -0.2) is 0 Å². The van der Waals surface area contributed by atoms with Crippen LogP contribution in [0.2, 0.25) is 0 Å². The van der Waals surface area contributed by atoms with Crippen molar-refractivity contribution in [3.63, 3.8) is 0 Å². The Morgan fingerprint density at radius 1 is 1.50 bits per heavy atom. The maximum Gasteiger partial charge on any atom is 0.0992 e. The van der Waals surface area contributed by atoms with Crippen LogP contribution in [0.1, 0.15) is 5.56 Å². The van der Waals surface area contributed by atoms with E-state index in [2.05, 4.69) is 9.60 Å². The molecule has 10 heavy (non-hydrogen) atoms. The van der Waals surface area contributed by atoms with E-state index < -0.39 is 0 Å². The van der Waals surface area contributed by atoms with Crippen molar-refractivity contribution in [2.24, 2.45) is 0 Å². The second-order valence-corrected chi connectivity index (χ2v) is 2.33. The Kier molecular flexibility index (Phi) is 2.51. The van der Waals surface area contributed by atoms with Crippen LogP contribution >= 0.6 is 22.9 Å². The third kappa shape index (κ3) is 1.61. The van der Waals surface area contributed by atoms with Gasteiger partial charge in [0.15, 0.2) is 0 Å². The molecule has 0 radical (unpaired) electrons. The van der Waals surface area contributed by atoms with Crippen LogP contribution in [0.15, 0.2) is 24.3 Å². The fraction of sp³-hybridized carbons (Fsp3) is 0. The maximum absolute atomic E-state index is 8.48. The van der Waals surface area contributed by atoms with Crippen LogP contribution in [-0.2, 0) is 0 Å². The first kappa shape index (κ1) is 7.35. The number of anilines is 1. The smallest absolute Gasteiger partial charge is 0.0992 e. The van der Waals surface area contributed by atoms with Gasteiger partial charge in [0.25, 0.3) is 0 Å². The summed E-state index contributed by atoms with van der Waals surface area (Å²) in [5.74, 6) is 0. The van der Waals surface area contributed by atoms with Gasteiger partial charge in [-0.1, -0.05) is 6.07 Å². The molecule has 1 N–H and O–H groups in total. The van der Waals surface area contributed by atoms with Gasteiger partial charge in [-0.05, 0) is 18.2 Å². The molecule has 0 heterocycles. The zero-order valence-electron chi connectivity index (χ0n) is 5.13. The summed E-state index contributed by atoms with van der Waals surface area (Å²) in [6.45, 7) is 0. The van der Waals surface area contributed by atoms with Crippen molar-refractivity contribution in [1.29, 1.82) is 5.26 Å². The van der Waals surface area contributed by atoms with Crippen LogP contribution in [0.3, 0.4) is 0 Å². The van der Waals surface area contributed by atoms with Gasteiger partial charge in [-0.3, -0.25) is 0 Å². The fourth-order valence-electron chi connectivity index (χ4n) is 0.648. The van der Waals surface area contributed by atoms with Gasteiger partial charge in [-0.2, -0.15) is 5.26 Å². The van der Waals surface area contributed by atoms with E-state index in [0.717, 1.165) is 5.69 Å². The molecule has 0 spiro atoms. The van der Waals surface area contributed by atoms with Crippen molar-refractivity contribution in [3.05, 3.63) is 29.8 Å². The summed E-state index contributed by atoms with van der Waals surface area (Å²) in [4.78, 5) is 0. The number of nitriles is 1. The van der Waals surface area contributed by atoms with E-state index >= 15 is 0 Å². The van der Waals surface area contributed by atoms with Crippen LogP contribution in [0, 0.1) is 11.3 Å². The van der Waals surface area contributed by atoms with Crippen LogP contribution < -0.4 is 3.53 Å². The lowest BCUT2D eigenvalue weighted by molar-refractivity contribution is 1.49. The molecule has 50 valence electrons. The van der Waals surface area contributed by atoms with Crippen molar-refractivity contribution in [3.8, 4) is 6.07 Å². The Labute approximate surface area is 73.4 Å². The van der Waals surface area contributed by atoms with E-state index in [1.165, 1.54) is 0 Å². The fourth-order valence-corrected chi connectivity index (χ4v) is 0.983. The SMILES string of the molecule is N#Cc1cccc(NI)c1. The molecule has 0 atom stereocenters. The second kappa shape index (κ2) is 3.42. The van der Waals surface area contributed by atoms with Gasteiger partial charge in [0, 0.05) is 5.69 Å². The van der Waals surface area contributed by atoms with Crippen molar-refractivity contribution < 1.29 is 0 Å². The second-order valence-electron chi connectivity index (χ2n) is 1.79. The average molecular weight is 244 g/mol. The van der Waals surface area contributed by atoms with E-state index in [1.807, 2.05) is 35.0 Å². The first-order valence-corrected chi connectivity index (χ1v) is 3.81. The number of hydrogen-bond acceptors (Lipinski definition) is 2. The van der Waals surface area contributed by atoms with Gasteiger partial charge < -0.3 is 3.53 Å². The number of nitrogens with zero attached hydrogens (tertiary/aromatic N) is 1. The maximum atomic E-state index is 8.48. The Bertz CT molecular complexity index is 265. The Balaban J connectivity index is 3.01. The van der Waals surface area contributed by atoms with E-state index in [-0.39, 0.29) is 0 Å². The molecule has 0 bridgehead atoms. The molecule has 0 aliphatic rings. The summed E-state index contributed by atoms with van der Waals surface area (Å²) in [6, 6.07) is 9.39. The van der Waals surface area contributed by atoms with Gasteiger partial charge in [-0.15, -0.1) is 0 Å². The number of rotatable bonds is 1. The molecular formula is C7H5IN2. The van der Waals surface area contributed by atoms with E-state index in [9.17, 15) is 0 Å². The Morgan fingerprint density at radius 3 is 2.90 bits per heavy atom. The Morgan fingerprint density at radius 2 is 2.30 bits per heavy atom. The number of nitrogens with one attached hydrogen (secondary N) is 1. The minimum atomic E-state index is 0.682. The highest BCUT2D eigenvalue weighted by Gasteiger charge is 1.89. The van der Waals surface area contributed by atoms with Gasteiger partial charge >= 0.3 is 0 Å². The summed E-state index contributed by atoms with van der Waals surface area (Å²) in [5, 5.41) is 8.48. The predicted molar refractivity (Wildman–Crippen MR) is 48.8 cm³/mol. The molecule has 2 nitrogen and oxygen atoms in total. The third-order valence-corrected chi connectivity index (χ3v) is 1.72. The molecule has 1 aromatic rings. The number of benzene rings is 1. The monoisotopic (exact) mass is 244 g/mol. The summed E-state index contributed by atoms with van der Waals surface area (Å²) < 4.78 is 2.92. The molecule has 0 aromatic heterocycles. The summed E-state index contributed by atoms with van der Waals surface area (Å²) in [5.41, 5.74) is 1.64. The quantitative estimate of drug-likeness (QED) is 0.607. The molecule has 1 rings (SSSR count). The highest BCUT2D eigenvalue weighted by atomic mass is 127. The summed E-state index contributed by atoms with van der Waals surface area (Å²) in [7, 11) is 0. The predicted octanol–water partition coefficient (Wildman–Crippen LogP) is 2.32. The molecule has 0 aliphatic carbocycles. The first-order valence-electron chi connectivity index (χ1n) is 2.73. The average Bonchev–Trinajstić information content (AvgIpc) is 2.05. The van der Waals surface area contributed by atoms with Crippen LogP contribution in [0.5, 0.6) is 0 Å². The molecular weight excluding hydrogens is 239 g/mol. The molecule has 0 amide bonds. The molecule has 0 saturated carbocycles. The normalized spacial score (nSPS) is 8.40. The molecule has 0 unspecified atom stereocenters. The molecule has 0 saturated heterocycles. The highest BCUT2D eigenvalue weighted by molar-refractivity contribution is 14.1. The zero-order chi connectivity index (χ0) is 7.40. The van der Waals surface area contributed by atoms with Crippen molar-refractivity contribution >= 4 is 28.6 Å². The topological polar surface area (TPSA) is 35.8 Å². The number of hydrogen-bond donors (Lipinski definition) is 1. The van der Waals surface area contributed by atoms with Gasteiger partial charge in [0.05, 0.1) is 34.5 Å². The van der Waals surface area contributed by atoms with Crippen LogP contribution in [-0.4, -0.2) is 0 Å². The zero-order valence-corrected chi connectivity index (χ0v) is 7.29. The van der Waals surface area contributed by atoms with E-state index in [4.69, 9.17) is 5.26 Å². The molecule has 0 aliphatic heterocycles. The molecule has 1 aromatic carbocycles. The standard InChI is InChI=1S/C7H5IN2/c8-10-7-3-1-2-6(4-7)5-9/h1-4,10H. The van der Waals surface area contributed by atoms with Crippen LogP contribution in [0.25, 0.3) is 0 Å². The first-order chi connectivity index (χ1) is 4.86. The Hall–Kier alpha value is -0.760. The van der Waals surface area contributed by atoms with Gasteiger partial charge in [0.1, 0.15) is 0 Å². The number of halogens is 1. The molecule has 0 fully saturated rings. The molecule has 3 heteroatoms. The van der Waals surface area contributed by atoms with Crippen LogP contribution in [0.4, 0.5) is 5.69 Å². The minimum absolute atomic E-state index is 0.682. The third-order valence-electron chi connectivity index (χ3n) is 1.10. The highest BCUT2D eigenvalue weighted by Crippen LogP contribution is 2.10.